The molecule has 1 aromatic rings. The van der Waals surface area contributed by atoms with E-state index < -0.39 is 0 Å². The molecule has 0 fully saturated rings. The van der Waals surface area contributed by atoms with Crippen LogP contribution in [-0.2, 0) is 17.6 Å². The van der Waals surface area contributed by atoms with E-state index in [4.69, 9.17) is 4.74 Å². The second kappa shape index (κ2) is 5.46. The summed E-state index contributed by atoms with van der Waals surface area (Å²) in [6.07, 6.45) is 2.38. The molecule has 1 aliphatic carbocycles. The molecule has 2 nitrogen and oxygen atoms in total. The first-order valence-electron chi connectivity index (χ1n) is 6.14. The Morgan fingerprint density at radius 3 is 2.44 bits per heavy atom. The van der Waals surface area contributed by atoms with Gasteiger partial charge >= 0.3 is 0 Å². The number of hydrogen-bond donors (Lipinski definition) is 1. The highest BCUT2D eigenvalue weighted by Crippen LogP contribution is 2.28. The van der Waals surface area contributed by atoms with Gasteiger partial charge in [-0.25, -0.2) is 0 Å². The smallest absolute Gasteiger partial charge is 0.0618 e. The maximum Gasteiger partial charge on any atom is 0.0618 e. The SMILES string of the molecule is CCNC(COC)C1Cc2ccccc2C1. The molecule has 16 heavy (non-hydrogen) atoms. The van der Waals surface area contributed by atoms with Crippen LogP contribution in [0, 0.1) is 5.92 Å². The van der Waals surface area contributed by atoms with Gasteiger partial charge in [0.15, 0.2) is 0 Å². The highest BCUT2D eigenvalue weighted by Gasteiger charge is 2.27. The first-order valence-corrected chi connectivity index (χ1v) is 6.14. The predicted octanol–water partition coefficient (Wildman–Crippen LogP) is 2.03. The van der Waals surface area contributed by atoms with E-state index in [0.717, 1.165) is 13.2 Å². The summed E-state index contributed by atoms with van der Waals surface area (Å²) in [7, 11) is 1.78. The molecule has 0 radical (unpaired) electrons. The van der Waals surface area contributed by atoms with Gasteiger partial charge in [-0.1, -0.05) is 31.2 Å². The number of rotatable bonds is 5. The van der Waals surface area contributed by atoms with Gasteiger partial charge in [0.1, 0.15) is 0 Å². The van der Waals surface area contributed by atoms with E-state index in [0.29, 0.717) is 12.0 Å². The van der Waals surface area contributed by atoms with Crippen molar-refractivity contribution in [1.82, 2.24) is 5.32 Å². The van der Waals surface area contributed by atoms with Gasteiger partial charge in [0.05, 0.1) is 6.61 Å². The molecular formula is C14H21NO. The van der Waals surface area contributed by atoms with Crippen LogP contribution < -0.4 is 5.32 Å². The van der Waals surface area contributed by atoms with Crippen LogP contribution in [0.25, 0.3) is 0 Å². The Kier molecular flexibility index (Phi) is 3.97. The van der Waals surface area contributed by atoms with Crippen molar-refractivity contribution in [2.24, 2.45) is 5.92 Å². The predicted molar refractivity (Wildman–Crippen MR) is 66.7 cm³/mol. The van der Waals surface area contributed by atoms with E-state index in [-0.39, 0.29) is 0 Å². The average Bonchev–Trinajstić information content (AvgIpc) is 2.72. The molecule has 1 aliphatic rings. The van der Waals surface area contributed by atoms with Crippen LogP contribution in [0.3, 0.4) is 0 Å². The second-order valence-corrected chi connectivity index (χ2v) is 4.56. The monoisotopic (exact) mass is 219 g/mol. The number of fused-ring (bicyclic) bond motifs is 1. The molecule has 1 atom stereocenters. The van der Waals surface area contributed by atoms with Crippen molar-refractivity contribution in [3.8, 4) is 0 Å². The van der Waals surface area contributed by atoms with Crippen molar-refractivity contribution in [2.45, 2.75) is 25.8 Å². The number of methoxy groups -OCH3 is 1. The van der Waals surface area contributed by atoms with Crippen LogP contribution in [0.2, 0.25) is 0 Å². The molecule has 0 saturated carbocycles. The fraction of sp³-hybridized carbons (Fsp3) is 0.571. The Morgan fingerprint density at radius 2 is 1.94 bits per heavy atom. The van der Waals surface area contributed by atoms with E-state index in [1.807, 2.05) is 0 Å². The number of ether oxygens (including phenoxy) is 1. The highest BCUT2D eigenvalue weighted by molar-refractivity contribution is 5.32. The summed E-state index contributed by atoms with van der Waals surface area (Å²) in [5, 5.41) is 3.54. The molecule has 1 aromatic carbocycles. The van der Waals surface area contributed by atoms with E-state index >= 15 is 0 Å². The lowest BCUT2D eigenvalue weighted by Crippen LogP contribution is -2.40. The third-order valence-electron chi connectivity index (χ3n) is 3.46. The van der Waals surface area contributed by atoms with Crippen LogP contribution in [0.15, 0.2) is 24.3 Å². The largest absolute Gasteiger partial charge is 0.383 e. The standard InChI is InChI=1S/C14H21NO/c1-3-15-14(10-16-2)13-8-11-6-4-5-7-12(11)9-13/h4-7,13-15H,3,8-10H2,1-2H3. The molecule has 0 amide bonds. The second-order valence-electron chi connectivity index (χ2n) is 4.56. The Morgan fingerprint density at radius 1 is 1.31 bits per heavy atom. The summed E-state index contributed by atoms with van der Waals surface area (Å²) in [4.78, 5) is 0. The summed E-state index contributed by atoms with van der Waals surface area (Å²) >= 11 is 0. The minimum Gasteiger partial charge on any atom is -0.383 e. The quantitative estimate of drug-likeness (QED) is 0.818. The Balaban J connectivity index is 2.02. The molecular weight excluding hydrogens is 198 g/mol. The number of nitrogens with one attached hydrogen (secondary N) is 1. The highest BCUT2D eigenvalue weighted by atomic mass is 16.5. The van der Waals surface area contributed by atoms with Crippen LogP contribution >= 0.6 is 0 Å². The third kappa shape index (κ3) is 2.45. The van der Waals surface area contributed by atoms with Gasteiger partial charge in [0.2, 0.25) is 0 Å². The molecule has 0 spiro atoms. The van der Waals surface area contributed by atoms with Crippen molar-refractivity contribution in [3.63, 3.8) is 0 Å². The summed E-state index contributed by atoms with van der Waals surface area (Å²) < 4.78 is 5.31. The van der Waals surface area contributed by atoms with Gasteiger partial charge in [-0.05, 0) is 36.4 Å². The van der Waals surface area contributed by atoms with E-state index in [1.54, 1.807) is 7.11 Å². The van der Waals surface area contributed by atoms with Crippen molar-refractivity contribution in [1.29, 1.82) is 0 Å². The molecule has 0 heterocycles. The van der Waals surface area contributed by atoms with Gasteiger partial charge in [0.25, 0.3) is 0 Å². The molecule has 1 unspecified atom stereocenters. The van der Waals surface area contributed by atoms with Crippen molar-refractivity contribution < 1.29 is 4.74 Å². The lowest BCUT2D eigenvalue weighted by molar-refractivity contribution is 0.142. The van der Waals surface area contributed by atoms with Crippen molar-refractivity contribution in [2.75, 3.05) is 20.3 Å². The van der Waals surface area contributed by atoms with E-state index in [9.17, 15) is 0 Å². The lowest BCUT2D eigenvalue weighted by Gasteiger charge is -2.23. The minimum atomic E-state index is 0.488. The Bertz CT molecular complexity index is 306. The molecule has 0 aliphatic heterocycles. The Labute approximate surface area is 98.0 Å². The Hall–Kier alpha value is -0.860. The van der Waals surface area contributed by atoms with E-state index in [1.165, 1.54) is 24.0 Å². The lowest BCUT2D eigenvalue weighted by atomic mass is 9.97. The van der Waals surface area contributed by atoms with Crippen LogP contribution in [-0.4, -0.2) is 26.3 Å². The van der Waals surface area contributed by atoms with E-state index in [2.05, 4.69) is 36.5 Å². The first-order chi connectivity index (χ1) is 7.85. The first kappa shape index (κ1) is 11.6. The van der Waals surface area contributed by atoms with Gasteiger partial charge in [0, 0.05) is 13.2 Å². The molecule has 2 heteroatoms. The molecule has 0 saturated heterocycles. The normalized spacial score (nSPS) is 17.4. The van der Waals surface area contributed by atoms with Gasteiger partial charge in [-0.2, -0.15) is 0 Å². The molecule has 88 valence electrons. The average molecular weight is 219 g/mol. The topological polar surface area (TPSA) is 21.3 Å². The molecule has 0 aromatic heterocycles. The zero-order valence-electron chi connectivity index (χ0n) is 10.2. The van der Waals surface area contributed by atoms with Gasteiger partial charge in [-0.3, -0.25) is 0 Å². The summed E-state index contributed by atoms with van der Waals surface area (Å²) in [5.74, 6) is 0.692. The molecule has 2 rings (SSSR count). The maximum atomic E-state index is 5.31. The van der Waals surface area contributed by atoms with Gasteiger partial charge < -0.3 is 10.1 Å². The van der Waals surface area contributed by atoms with Crippen molar-refractivity contribution >= 4 is 0 Å². The number of benzene rings is 1. The summed E-state index contributed by atoms with van der Waals surface area (Å²) in [6, 6.07) is 9.28. The summed E-state index contributed by atoms with van der Waals surface area (Å²) in [6.45, 7) is 3.98. The maximum absolute atomic E-state index is 5.31. The van der Waals surface area contributed by atoms with Crippen LogP contribution in [0.1, 0.15) is 18.1 Å². The van der Waals surface area contributed by atoms with Crippen molar-refractivity contribution in [3.05, 3.63) is 35.4 Å². The minimum absolute atomic E-state index is 0.488. The molecule has 0 bridgehead atoms. The fourth-order valence-electron chi connectivity index (χ4n) is 2.68. The summed E-state index contributed by atoms with van der Waals surface area (Å²) in [5.41, 5.74) is 3.04. The van der Waals surface area contributed by atoms with Crippen LogP contribution in [0.5, 0.6) is 0 Å². The number of hydrogen-bond acceptors (Lipinski definition) is 2. The van der Waals surface area contributed by atoms with Gasteiger partial charge in [-0.15, -0.1) is 0 Å². The van der Waals surface area contributed by atoms with Crippen LogP contribution in [0.4, 0.5) is 0 Å². The molecule has 1 N–H and O–H groups in total. The third-order valence-corrected chi connectivity index (χ3v) is 3.46. The fourth-order valence-corrected chi connectivity index (χ4v) is 2.68. The zero-order chi connectivity index (χ0) is 11.4. The number of likely N-dealkylation sites (N-methyl/N-ethyl adjacent to an activating group) is 1. The zero-order valence-corrected chi connectivity index (χ0v) is 10.2.